The van der Waals surface area contributed by atoms with Crippen molar-refractivity contribution in [2.45, 2.75) is 52.7 Å². The molecule has 1 saturated heterocycles. The van der Waals surface area contributed by atoms with Crippen molar-refractivity contribution in [1.29, 1.82) is 0 Å². The lowest BCUT2D eigenvalue weighted by atomic mass is 9.90. The minimum atomic E-state index is -0.408. The van der Waals surface area contributed by atoms with E-state index in [0.29, 0.717) is 17.7 Å². The lowest BCUT2D eigenvalue weighted by Crippen LogP contribution is -2.38. The summed E-state index contributed by atoms with van der Waals surface area (Å²) in [5.41, 5.74) is 6.24. The lowest BCUT2D eigenvalue weighted by molar-refractivity contribution is -0.141. The van der Waals surface area contributed by atoms with Gasteiger partial charge in [-0.3, -0.25) is 4.79 Å². The quantitative estimate of drug-likeness (QED) is 0.480. The second-order valence-corrected chi connectivity index (χ2v) is 10.4. The number of hydrogen-bond donors (Lipinski definition) is 0. The van der Waals surface area contributed by atoms with Crippen LogP contribution >= 0.6 is 11.8 Å². The van der Waals surface area contributed by atoms with E-state index in [1.54, 1.807) is 0 Å². The number of nitrogens with zero attached hydrogens (tertiary/aromatic N) is 3. The number of thioether (sulfide) groups is 1. The summed E-state index contributed by atoms with van der Waals surface area (Å²) in [6, 6.07) is 15.5. The van der Waals surface area contributed by atoms with Gasteiger partial charge in [0, 0.05) is 18.8 Å². The van der Waals surface area contributed by atoms with Gasteiger partial charge < -0.3 is 14.5 Å². The largest absolute Gasteiger partial charge is 0.457 e. The van der Waals surface area contributed by atoms with Crippen molar-refractivity contribution >= 4 is 28.8 Å². The highest BCUT2D eigenvalue weighted by atomic mass is 32.2. The summed E-state index contributed by atoms with van der Waals surface area (Å²) in [5.74, 6) is -0.259. The van der Waals surface area contributed by atoms with E-state index < -0.39 is 6.04 Å². The van der Waals surface area contributed by atoms with Crippen LogP contribution < -0.4 is 0 Å². The summed E-state index contributed by atoms with van der Waals surface area (Å²) in [5, 5.41) is 2.80. The van der Waals surface area contributed by atoms with E-state index in [4.69, 9.17) is 9.73 Å². The molecule has 1 unspecified atom stereocenters. The molecular formula is C29H31N3O3S. The van der Waals surface area contributed by atoms with Crippen molar-refractivity contribution in [2.24, 2.45) is 4.99 Å². The topological polar surface area (TPSA) is 62.2 Å². The second-order valence-electron chi connectivity index (χ2n) is 9.58. The Hall–Kier alpha value is -3.32. The molecular weight excluding hydrogens is 470 g/mol. The van der Waals surface area contributed by atoms with Crippen LogP contribution in [-0.2, 0) is 20.9 Å². The Morgan fingerprint density at radius 3 is 2.53 bits per heavy atom. The molecule has 2 aromatic rings. The molecule has 5 rings (SSSR count). The smallest absolute Gasteiger partial charge is 0.338 e. The van der Waals surface area contributed by atoms with Gasteiger partial charge in [0.15, 0.2) is 5.17 Å². The van der Waals surface area contributed by atoms with Crippen molar-refractivity contribution in [1.82, 2.24) is 9.80 Å². The van der Waals surface area contributed by atoms with Crippen LogP contribution in [0, 0.1) is 13.8 Å². The number of allylic oxidation sites excluding steroid dienone is 1. The fourth-order valence-electron chi connectivity index (χ4n) is 5.09. The molecule has 0 aliphatic carbocycles. The van der Waals surface area contributed by atoms with Crippen LogP contribution in [-0.4, -0.2) is 39.9 Å². The number of amides is 1. The molecule has 1 amide bonds. The van der Waals surface area contributed by atoms with E-state index in [1.807, 2.05) is 47.6 Å². The molecule has 3 aliphatic rings. The normalized spacial score (nSPS) is 19.2. The van der Waals surface area contributed by atoms with Gasteiger partial charge in [0.05, 0.1) is 23.7 Å². The number of aryl methyl sites for hydroxylation is 2. The monoisotopic (exact) mass is 501 g/mol. The van der Waals surface area contributed by atoms with Crippen molar-refractivity contribution in [3.05, 3.63) is 93.2 Å². The molecule has 0 radical (unpaired) electrons. The molecule has 0 N–H and O–H groups in total. The van der Waals surface area contributed by atoms with Gasteiger partial charge in [-0.15, -0.1) is 0 Å². The van der Waals surface area contributed by atoms with Crippen LogP contribution in [0.2, 0.25) is 0 Å². The molecule has 2 aromatic carbocycles. The third kappa shape index (κ3) is 4.85. The van der Waals surface area contributed by atoms with Crippen LogP contribution in [0.3, 0.4) is 0 Å². The number of carbonyl (C=O) groups is 2. The van der Waals surface area contributed by atoms with E-state index in [9.17, 15) is 9.59 Å². The summed E-state index contributed by atoms with van der Waals surface area (Å²) < 4.78 is 5.81. The van der Waals surface area contributed by atoms with E-state index in [0.717, 1.165) is 59.0 Å². The molecule has 0 aromatic heterocycles. The third-order valence-electron chi connectivity index (χ3n) is 6.94. The average Bonchev–Trinajstić information content (AvgIpc) is 3.53. The average molecular weight is 502 g/mol. The van der Waals surface area contributed by atoms with Gasteiger partial charge in [-0.05, 0) is 55.7 Å². The molecule has 0 saturated carbocycles. The zero-order chi connectivity index (χ0) is 25.2. The first-order valence-electron chi connectivity index (χ1n) is 12.4. The van der Waals surface area contributed by atoms with Crippen molar-refractivity contribution < 1.29 is 14.3 Å². The molecule has 3 aliphatic heterocycles. The highest BCUT2D eigenvalue weighted by Crippen LogP contribution is 2.45. The number of benzene rings is 2. The Morgan fingerprint density at radius 2 is 1.81 bits per heavy atom. The molecule has 1 fully saturated rings. The Morgan fingerprint density at radius 1 is 1.06 bits per heavy atom. The Kier molecular flexibility index (Phi) is 7.01. The fourth-order valence-corrected chi connectivity index (χ4v) is 6.06. The van der Waals surface area contributed by atoms with Gasteiger partial charge in [0.1, 0.15) is 6.61 Å². The number of hydrogen-bond acceptors (Lipinski definition) is 6. The van der Waals surface area contributed by atoms with Gasteiger partial charge in [-0.1, -0.05) is 65.9 Å². The molecule has 6 nitrogen and oxygen atoms in total. The molecule has 7 heteroatoms. The Balaban J connectivity index is 1.49. The maximum atomic E-state index is 13.6. The highest BCUT2D eigenvalue weighted by molar-refractivity contribution is 8.16. The van der Waals surface area contributed by atoms with Crippen molar-refractivity contribution in [3.8, 4) is 0 Å². The molecule has 36 heavy (non-hydrogen) atoms. The lowest BCUT2D eigenvalue weighted by Gasteiger charge is -2.37. The molecule has 1 atom stereocenters. The predicted octanol–water partition coefficient (Wildman–Crippen LogP) is 5.63. The number of amidine groups is 1. The van der Waals surface area contributed by atoms with Crippen LogP contribution in [0.4, 0.5) is 0 Å². The third-order valence-corrected chi connectivity index (χ3v) is 7.83. The number of aliphatic imine (C=N–C) groups is 1. The number of carbonyl (C=O) groups excluding carboxylic acids is 2. The first-order valence-corrected chi connectivity index (χ1v) is 13.3. The van der Waals surface area contributed by atoms with E-state index >= 15 is 0 Å². The van der Waals surface area contributed by atoms with E-state index in [2.05, 4.69) is 36.9 Å². The Bertz CT molecular complexity index is 1280. The minimum Gasteiger partial charge on any atom is -0.457 e. The van der Waals surface area contributed by atoms with E-state index in [-0.39, 0.29) is 18.5 Å². The first-order chi connectivity index (χ1) is 17.4. The summed E-state index contributed by atoms with van der Waals surface area (Å²) in [6.07, 6.45) is 2.40. The number of likely N-dealkylation sites (tertiary alicyclic amines) is 1. The molecule has 186 valence electrons. The van der Waals surface area contributed by atoms with Crippen LogP contribution in [0.25, 0.3) is 0 Å². The number of ether oxygens (including phenoxy) is 1. The predicted molar refractivity (Wildman–Crippen MR) is 143 cm³/mol. The van der Waals surface area contributed by atoms with E-state index in [1.165, 1.54) is 11.8 Å². The molecule has 0 spiro atoms. The summed E-state index contributed by atoms with van der Waals surface area (Å²) in [6.45, 7) is 7.82. The van der Waals surface area contributed by atoms with Gasteiger partial charge in [-0.25, -0.2) is 9.79 Å². The highest BCUT2D eigenvalue weighted by Gasteiger charge is 2.42. The van der Waals surface area contributed by atoms with Crippen molar-refractivity contribution in [2.75, 3.05) is 13.1 Å². The fraction of sp³-hybridized carbons (Fsp3) is 0.345. The SMILES string of the molecule is CC1=C(C(=O)OCc2ccccc2)C(c2ccc(C)cc2C)N2C(CC(=O)N3CCCC3)=CSC2=N1. The van der Waals surface area contributed by atoms with Crippen LogP contribution in [0.15, 0.2) is 75.9 Å². The maximum Gasteiger partial charge on any atom is 0.338 e. The summed E-state index contributed by atoms with van der Waals surface area (Å²) in [4.78, 5) is 35.5. The van der Waals surface area contributed by atoms with Crippen LogP contribution in [0.5, 0.6) is 0 Å². The zero-order valence-electron chi connectivity index (χ0n) is 21.0. The number of fused-ring (bicyclic) bond motifs is 1. The Labute approximate surface area is 216 Å². The molecule has 3 heterocycles. The maximum absolute atomic E-state index is 13.6. The van der Waals surface area contributed by atoms with Crippen LogP contribution in [0.1, 0.15) is 54.5 Å². The summed E-state index contributed by atoms with van der Waals surface area (Å²) >= 11 is 1.51. The van der Waals surface area contributed by atoms with Gasteiger partial charge in [0.25, 0.3) is 0 Å². The molecule has 0 bridgehead atoms. The van der Waals surface area contributed by atoms with Gasteiger partial charge in [0.2, 0.25) is 5.91 Å². The van der Waals surface area contributed by atoms with Gasteiger partial charge in [-0.2, -0.15) is 0 Å². The standard InChI is InChI=1S/C29H31N3O3S/c1-19-11-12-24(20(2)15-19)27-26(28(34)35-17-22-9-5-4-6-10-22)21(3)30-29-32(27)23(18-36-29)16-25(33)31-13-7-8-14-31/h4-6,9-12,15,18,27H,7-8,13-14,16-17H2,1-3H3. The summed E-state index contributed by atoms with van der Waals surface area (Å²) in [7, 11) is 0. The zero-order valence-corrected chi connectivity index (χ0v) is 21.8. The number of esters is 1. The van der Waals surface area contributed by atoms with Gasteiger partial charge >= 0.3 is 5.97 Å². The number of rotatable bonds is 6. The van der Waals surface area contributed by atoms with Crippen molar-refractivity contribution in [3.63, 3.8) is 0 Å². The minimum absolute atomic E-state index is 0.124. The second kappa shape index (κ2) is 10.3. The first kappa shape index (κ1) is 24.4.